The van der Waals surface area contributed by atoms with Crippen LogP contribution in [0.15, 0.2) is 30.3 Å². The molecule has 0 saturated carbocycles. The van der Waals surface area contributed by atoms with E-state index in [9.17, 15) is 9.59 Å². The van der Waals surface area contributed by atoms with Crippen LogP contribution in [0.1, 0.15) is 37.2 Å². The topological polar surface area (TPSA) is 69.9 Å². The monoisotopic (exact) mass is 370 g/mol. The first-order chi connectivity index (χ1) is 13.1. The van der Waals surface area contributed by atoms with Gasteiger partial charge < -0.3 is 20.4 Å². The summed E-state index contributed by atoms with van der Waals surface area (Å²) < 4.78 is 0. The number of piperidine rings is 1. The van der Waals surface area contributed by atoms with Gasteiger partial charge in [0.1, 0.15) is 0 Å². The van der Waals surface area contributed by atoms with E-state index in [1.54, 1.807) is 0 Å². The van der Waals surface area contributed by atoms with E-state index in [-0.39, 0.29) is 29.8 Å². The number of urea groups is 1. The summed E-state index contributed by atoms with van der Waals surface area (Å²) in [5, 5.41) is 0. The highest BCUT2D eigenvalue weighted by atomic mass is 16.2. The Morgan fingerprint density at radius 1 is 0.852 bits per heavy atom. The molecule has 27 heavy (non-hydrogen) atoms. The SMILES string of the molecule is N[C@@H]1CN(C(=O)C2CCN(C(=O)N3CCCC3)CC2)C[C@H]1c1ccccc1. The van der Waals surface area contributed by atoms with Crippen molar-refractivity contribution in [3.05, 3.63) is 35.9 Å². The first-order valence-corrected chi connectivity index (χ1v) is 10.3. The van der Waals surface area contributed by atoms with Crippen LogP contribution in [0, 0.1) is 5.92 Å². The zero-order chi connectivity index (χ0) is 18.8. The van der Waals surface area contributed by atoms with Crippen LogP contribution in [0.5, 0.6) is 0 Å². The van der Waals surface area contributed by atoms with Crippen molar-refractivity contribution in [2.24, 2.45) is 11.7 Å². The predicted octanol–water partition coefficient (Wildman–Crippen LogP) is 1.87. The molecule has 0 bridgehead atoms. The van der Waals surface area contributed by atoms with Crippen LogP contribution in [-0.4, -0.2) is 71.9 Å². The first-order valence-electron chi connectivity index (χ1n) is 10.3. The standard InChI is InChI=1S/C21H30N4O2/c22-19-15-25(14-18(19)16-6-2-1-3-7-16)20(26)17-8-12-24(13-9-17)21(27)23-10-4-5-11-23/h1-3,6-7,17-19H,4-5,8-15,22H2/t18-,19+/m0/s1. The van der Waals surface area contributed by atoms with Crippen LogP contribution < -0.4 is 5.73 Å². The van der Waals surface area contributed by atoms with Gasteiger partial charge in [-0.05, 0) is 31.2 Å². The predicted molar refractivity (Wildman–Crippen MR) is 104 cm³/mol. The Labute approximate surface area is 161 Å². The summed E-state index contributed by atoms with van der Waals surface area (Å²) in [6, 6.07) is 10.4. The van der Waals surface area contributed by atoms with Gasteiger partial charge in [0.05, 0.1) is 0 Å². The summed E-state index contributed by atoms with van der Waals surface area (Å²) in [5.41, 5.74) is 7.56. The van der Waals surface area contributed by atoms with Crippen molar-refractivity contribution in [1.29, 1.82) is 0 Å². The third-order valence-corrected chi connectivity index (χ3v) is 6.40. The molecule has 1 aromatic carbocycles. The summed E-state index contributed by atoms with van der Waals surface area (Å²) in [6.07, 6.45) is 3.75. The lowest BCUT2D eigenvalue weighted by molar-refractivity contribution is -0.135. The van der Waals surface area contributed by atoms with Gasteiger partial charge in [0.25, 0.3) is 0 Å². The van der Waals surface area contributed by atoms with Gasteiger partial charge in [-0.1, -0.05) is 30.3 Å². The Morgan fingerprint density at radius 3 is 2.15 bits per heavy atom. The Hall–Kier alpha value is -2.08. The van der Waals surface area contributed by atoms with Crippen molar-refractivity contribution in [1.82, 2.24) is 14.7 Å². The molecule has 3 aliphatic heterocycles. The van der Waals surface area contributed by atoms with Gasteiger partial charge in [-0.25, -0.2) is 4.79 Å². The summed E-state index contributed by atoms with van der Waals surface area (Å²) in [5.74, 6) is 0.457. The molecule has 0 aromatic heterocycles. The summed E-state index contributed by atoms with van der Waals surface area (Å²) in [4.78, 5) is 31.4. The Morgan fingerprint density at radius 2 is 1.48 bits per heavy atom. The van der Waals surface area contributed by atoms with Crippen LogP contribution in [0.3, 0.4) is 0 Å². The van der Waals surface area contributed by atoms with Gasteiger partial charge in [-0.2, -0.15) is 0 Å². The number of hydrogen-bond donors (Lipinski definition) is 1. The van der Waals surface area contributed by atoms with Crippen molar-refractivity contribution in [3.63, 3.8) is 0 Å². The van der Waals surface area contributed by atoms with Crippen LogP contribution in [0.25, 0.3) is 0 Å². The average Bonchev–Trinajstić information content (AvgIpc) is 3.38. The van der Waals surface area contributed by atoms with Crippen molar-refractivity contribution in [2.75, 3.05) is 39.3 Å². The van der Waals surface area contributed by atoms with E-state index in [2.05, 4.69) is 12.1 Å². The van der Waals surface area contributed by atoms with E-state index in [0.29, 0.717) is 26.2 Å². The third-order valence-electron chi connectivity index (χ3n) is 6.40. The molecule has 2 N–H and O–H groups in total. The number of carbonyl (C=O) groups excluding carboxylic acids is 2. The zero-order valence-corrected chi connectivity index (χ0v) is 15.9. The number of rotatable bonds is 2. The smallest absolute Gasteiger partial charge is 0.319 e. The highest BCUT2D eigenvalue weighted by Crippen LogP contribution is 2.29. The summed E-state index contributed by atoms with van der Waals surface area (Å²) in [7, 11) is 0. The molecule has 6 heteroatoms. The first kappa shape index (κ1) is 18.3. The van der Waals surface area contributed by atoms with Crippen molar-refractivity contribution in [3.8, 4) is 0 Å². The lowest BCUT2D eigenvalue weighted by Gasteiger charge is -2.35. The molecule has 2 atom stereocenters. The van der Waals surface area contributed by atoms with Gasteiger partial charge in [0.2, 0.25) is 5.91 Å². The molecule has 0 unspecified atom stereocenters. The second-order valence-corrected chi connectivity index (χ2v) is 8.16. The number of nitrogens with two attached hydrogens (primary N) is 1. The van der Waals surface area contributed by atoms with Gasteiger partial charge in [0, 0.05) is 57.1 Å². The maximum Gasteiger partial charge on any atom is 0.319 e. The van der Waals surface area contributed by atoms with E-state index in [1.807, 2.05) is 32.9 Å². The molecule has 0 aliphatic carbocycles. The minimum atomic E-state index is -0.00631. The lowest BCUT2D eigenvalue weighted by atomic mass is 9.94. The molecule has 3 fully saturated rings. The quantitative estimate of drug-likeness (QED) is 0.864. The number of hydrogen-bond acceptors (Lipinski definition) is 3. The maximum absolute atomic E-state index is 13.0. The molecule has 3 heterocycles. The largest absolute Gasteiger partial charge is 0.340 e. The fraction of sp³-hybridized carbons (Fsp3) is 0.619. The van der Waals surface area contributed by atoms with E-state index in [1.165, 1.54) is 5.56 Å². The average molecular weight is 370 g/mol. The molecule has 0 spiro atoms. The second-order valence-electron chi connectivity index (χ2n) is 8.16. The fourth-order valence-electron chi connectivity index (χ4n) is 4.75. The van der Waals surface area contributed by atoms with E-state index in [4.69, 9.17) is 5.73 Å². The molecule has 3 amide bonds. The highest BCUT2D eigenvalue weighted by molar-refractivity contribution is 5.80. The van der Waals surface area contributed by atoms with Crippen LogP contribution >= 0.6 is 0 Å². The van der Waals surface area contributed by atoms with Crippen LogP contribution in [-0.2, 0) is 4.79 Å². The number of amides is 3. The molecule has 1 aromatic rings. The van der Waals surface area contributed by atoms with Crippen molar-refractivity contribution in [2.45, 2.75) is 37.6 Å². The Kier molecular flexibility index (Phi) is 5.34. The molecule has 146 valence electrons. The molecule has 3 saturated heterocycles. The third kappa shape index (κ3) is 3.81. The zero-order valence-electron chi connectivity index (χ0n) is 15.9. The minimum absolute atomic E-state index is 0.00631. The summed E-state index contributed by atoms with van der Waals surface area (Å²) in [6.45, 7) is 4.47. The molecule has 3 aliphatic rings. The number of likely N-dealkylation sites (tertiary alicyclic amines) is 3. The van der Waals surface area contributed by atoms with Gasteiger partial charge in [0.15, 0.2) is 0 Å². The van der Waals surface area contributed by atoms with E-state index in [0.717, 1.165) is 38.8 Å². The molecule has 4 rings (SSSR count). The Balaban J connectivity index is 1.31. The highest BCUT2D eigenvalue weighted by Gasteiger charge is 2.38. The van der Waals surface area contributed by atoms with Crippen molar-refractivity contribution >= 4 is 11.9 Å². The maximum atomic E-state index is 13.0. The van der Waals surface area contributed by atoms with Crippen molar-refractivity contribution < 1.29 is 9.59 Å². The van der Waals surface area contributed by atoms with Gasteiger partial charge >= 0.3 is 6.03 Å². The number of benzene rings is 1. The lowest BCUT2D eigenvalue weighted by Crippen LogP contribution is -2.48. The number of nitrogens with zero attached hydrogens (tertiary/aromatic N) is 3. The molecular weight excluding hydrogens is 340 g/mol. The Bertz CT molecular complexity index is 666. The molecule has 0 radical (unpaired) electrons. The minimum Gasteiger partial charge on any atom is -0.340 e. The molecular formula is C21H30N4O2. The van der Waals surface area contributed by atoms with E-state index >= 15 is 0 Å². The fourth-order valence-corrected chi connectivity index (χ4v) is 4.75. The van der Waals surface area contributed by atoms with Crippen LogP contribution in [0.4, 0.5) is 4.79 Å². The number of carbonyl (C=O) groups is 2. The summed E-state index contributed by atoms with van der Waals surface area (Å²) >= 11 is 0. The molecule has 6 nitrogen and oxygen atoms in total. The van der Waals surface area contributed by atoms with Crippen LogP contribution in [0.2, 0.25) is 0 Å². The van der Waals surface area contributed by atoms with Gasteiger partial charge in [-0.3, -0.25) is 4.79 Å². The normalized spacial score (nSPS) is 26.6. The van der Waals surface area contributed by atoms with E-state index < -0.39 is 0 Å². The van der Waals surface area contributed by atoms with Gasteiger partial charge in [-0.15, -0.1) is 0 Å². The second kappa shape index (κ2) is 7.89.